The number of hydrogen-bond acceptors (Lipinski definition) is 6. The predicted molar refractivity (Wildman–Crippen MR) is 125 cm³/mol. The number of halogens is 1. The molecule has 11 heteroatoms. The van der Waals surface area contributed by atoms with Gasteiger partial charge in [0.1, 0.15) is 11.3 Å². The lowest BCUT2D eigenvalue weighted by Crippen LogP contribution is -2.34. The van der Waals surface area contributed by atoms with Gasteiger partial charge in [-0.05, 0) is 43.0 Å². The van der Waals surface area contributed by atoms with Crippen molar-refractivity contribution in [1.29, 1.82) is 0 Å². The number of rotatable bonds is 5. The zero-order chi connectivity index (χ0) is 22.4. The van der Waals surface area contributed by atoms with E-state index in [2.05, 4.69) is 20.9 Å². The highest BCUT2D eigenvalue weighted by atomic mass is 35.5. The summed E-state index contributed by atoms with van der Waals surface area (Å²) in [7, 11) is 0. The molecule has 33 heavy (non-hydrogen) atoms. The average molecular weight is 489 g/mol. The number of aromatic nitrogens is 1. The van der Waals surface area contributed by atoms with Gasteiger partial charge in [-0.15, -0.1) is 23.7 Å². The number of urea groups is 1. The number of aliphatic carboxylic acids is 1. The van der Waals surface area contributed by atoms with Crippen LogP contribution in [-0.4, -0.2) is 39.1 Å². The van der Waals surface area contributed by atoms with Crippen molar-refractivity contribution in [3.63, 3.8) is 0 Å². The topological polar surface area (TPSA) is 141 Å². The van der Waals surface area contributed by atoms with E-state index in [1.807, 2.05) is 0 Å². The number of carboxylic acids is 1. The summed E-state index contributed by atoms with van der Waals surface area (Å²) in [6.45, 7) is 0. The molecule has 172 valence electrons. The first kappa shape index (κ1) is 22.8. The van der Waals surface area contributed by atoms with Crippen LogP contribution in [0.5, 0.6) is 5.75 Å². The number of amides is 3. The first-order valence-corrected chi connectivity index (χ1v) is 11.1. The molecule has 2 atom stereocenters. The van der Waals surface area contributed by atoms with E-state index < -0.39 is 23.8 Å². The van der Waals surface area contributed by atoms with Crippen molar-refractivity contribution in [2.24, 2.45) is 5.92 Å². The van der Waals surface area contributed by atoms with E-state index in [4.69, 9.17) is 0 Å². The van der Waals surface area contributed by atoms with Gasteiger partial charge in [0.2, 0.25) is 0 Å². The molecule has 1 saturated carbocycles. The molecule has 1 heterocycles. The van der Waals surface area contributed by atoms with Crippen LogP contribution in [0.15, 0.2) is 35.8 Å². The second-order valence-corrected chi connectivity index (χ2v) is 8.86. The highest BCUT2D eigenvalue weighted by molar-refractivity contribution is 7.17. The van der Waals surface area contributed by atoms with E-state index in [-0.39, 0.29) is 36.7 Å². The number of phenolic OH excluding ortho intramolecular Hbond substituents is 1. The lowest BCUT2D eigenvalue weighted by Gasteiger charge is -2.19. The molecule has 1 fully saturated rings. The summed E-state index contributed by atoms with van der Waals surface area (Å²) in [6, 6.07) is 7.19. The van der Waals surface area contributed by atoms with E-state index >= 15 is 0 Å². The fourth-order valence-corrected chi connectivity index (χ4v) is 4.91. The van der Waals surface area contributed by atoms with Gasteiger partial charge in [0.15, 0.2) is 0 Å². The third-order valence-electron chi connectivity index (χ3n) is 5.84. The number of carboxylic acid groups (broad SMARTS) is 1. The van der Waals surface area contributed by atoms with Gasteiger partial charge in [0.05, 0.1) is 33.4 Å². The molecule has 9 nitrogen and oxygen atoms in total. The third kappa shape index (κ3) is 4.31. The Morgan fingerprint density at radius 3 is 2.61 bits per heavy atom. The van der Waals surface area contributed by atoms with Crippen LogP contribution in [-0.2, 0) is 11.2 Å². The largest absolute Gasteiger partial charge is 0.508 e. The summed E-state index contributed by atoms with van der Waals surface area (Å²) >= 11 is 1.26. The number of nitrogens with one attached hydrogen (secondary N) is 3. The number of phenols is 1. The van der Waals surface area contributed by atoms with Crippen molar-refractivity contribution in [3.8, 4) is 5.75 Å². The van der Waals surface area contributed by atoms with Crippen molar-refractivity contribution in [1.82, 2.24) is 15.6 Å². The zero-order valence-electron chi connectivity index (χ0n) is 17.2. The number of anilines is 1. The molecule has 2 aliphatic carbocycles. The standard InChI is InChI=1S/C22H20N4O5S.ClH/c27-16-3-1-2-11-13(16)8-14(21(29)30)17(11)26-20(28)12-6-7-15(18-19(12)32-9-23-18)25-22(31)24-10-4-5-10;/h1-3,6-7,9-10,14,17,27H,4-5,8H2,(H,26,28)(H,29,30)(H2,24,25,31);1H. The number of carbonyl (C=O) groups is 3. The summed E-state index contributed by atoms with van der Waals surface area (Å²) in [5, 5.41) is 28.3. The van der Waals surface area contributed by atoms with Crippen LogP contribution in [0.4, 0.5) is 10.5 Å². The van der Waals surface area contributed by atoms with Crippen LogP contribution in [0.1, 0.15) is 40.4 Å². The average Bonchev–Trinajstić information content (AvgIpc) is 3.28. The number of benzene rings is 2. The maximum atomic E-state index is 13.2. The van der Waals surface area contributed by atoms with Crippen LogP contribution in [0, 0.1) is 5.92 Å². The van der Waals surface area contributed by atoms with Crippen molar-refractivity contribution in [2.75, 3.05) is 5.32 Å². The fourth-order valence-electron chi connectivity index (χ4n) is 4.09. The molecule has 0 saturated heterocycles. The maximum Gasteiger partial charge on any atom is 0.319 e. The Kier molecular flexibility index (Phi) is 6.13. The Morgan fingerprint density at radius 1 is 1.09 bits per heavy atom. The minimum Gasteiger partial charge on any atom is -0.508 e. The van der Waals surface area contributed by atoms with Gasteiger partial charge >= 0.3 is 12.0 Å². The Hall–Kier alpha value is -3.37. The number of hydrogen-bond donors (Lipinski definition) is 5. The highest BCUT2D eigenvalue weighted by Crippen LogP contribution is 2.41. The molecule has 0 aliphatic heterocycles. The summed E-state index contributed by atoms with van der Waals surface area (Å²) < 4.78 is 0.590. The summed E-state index contributed by atoms with van der Waals surface area (Å²) in [6.07, 6.45) is 2.08. The van der Waals surface area contributed by atoms with Gasteiger partial charge in [0, 0.05) is 11.6 Å². The molecule has 2 aromatic carbocycles. The van der Waals surface area contributed by atoms with Crippen molar-refractivity contribution in [2.45, 2.75) is 31.3 Å². The van der Waals surface area contributed by atoms with Gasteiger partial charge in [-0.1, -0.05) is 12.1 Å². The molecular weight excluding hydrogens is 468 g/mol. The zero-order valence-corrected chi connectivity index (χ0v) is 18.8. The summed E-state index contributed by atoms with van der Waals surface area (Å²) in [5.74, 6) is -2.35. The normalized spacial score (nSPS) is 18.8. The van der Waals surface area contributed by atoms with E-state index in [1.165, 1.54) is 17.4 Å². The smallest absolute Gasteiger partial charge is 0.319 e. The van der Waals surface area contributed by atoms with Crippen molar-refractivity contribution >= 4 is 57.6 Å². The molecule has 5 N–H and O–H groups in total. The van der Waals surface area contributed by atoms with Crippen molar-refractivity contribution < 1.29 is 24.6 Å². The van der Waals surface area contributed by atoms with E-state index in [9.17, 15) is 24.6 Å². The SMILES string of the molecule is Cl.O=C(Nc1ccc(C(=O)NC2c3cccc(O)c3CC2C(=O)O)c2scnc12)NC1CC1. The van der Waals surface area contributed by atoms with Gasteiger partial charge in [-0.2, -0.15) is 0 Å². The van der Waals surface area contributed by atoms with Crippen LogP contribution in [0.25, 0.3) is 10.2 Å². The number of thiazole rings is 1. The van der Waals surface area contributed by atoms with Crippen LogP contribution in [0.3, 0.4) is 0 Å². The second kappa shape index (κ2) is 8.87. The van der Waals surface area contributed by atoms with Gasteiger partial charge in [-0.3, -0.25) is 9.59 Å². The molecule has 0 bridgehead atoms. The molecule has 3 amide bonds. The number of aromatic hydroxyl groups is 1. The van der Waals surface area contributed by atoms with Gasteiger partial charge < -0.3 is 26.2 Å². The van der Waals surface area contributed by atoms with E-state index in [0.29, 0.717) is 32.6 Å². The minimum absolute atomic E-state index is 0. The highest BCUT2D eigenvalue weighted by Gasteiger charge is 2.40. The monoisotopic (exact) mass is 488 g/mol. The number of carbonyl (C=O) groups excluding carboxylic acids is 2. The quantitative estimate of drug-likeness (QED) is 0.372. The van der Waals surface area contributed by atoms with E-state index in [0.717, 1.165) is 12.8 Å². The molecule has 0 spiro atoms. The Bertz CT molecular complexity index is 1260. The molecule has 2 unspecified atom stereocenters. The lowest BCUT2D eigenvalue weighted by molar-refractivity contribution is -0.142. The van der Waals surface area contributed by atoms with Crippen molar-refractivity contribution in [3.05, 3.63) is 52.5 Å². The molecule has 1 aromatic heterocycles. The van der Waals surface area contributed by atoms with Crippen LogP contribution in [0.2, 0.25) is 0 Å². The predicted octanol–water partition coefficient (Wildman–Crippen LogP) is 3.44. The number of nitrogens with zero attached hydrogens (tertiary/aromatic N) is 1. The summed E-state index contributed by atoms with van der Waals surface area (Å²) in [5.41, 5.74) is 4.06. The fraction of sp³-hybridized carbons (Fsp3) is 0.273. The van der Waals surface area contributed by atoms with Gasteiger partial charge in [-0.25, -0.2) is 9.78 Å². The lowest BCUT2D eigenvalue weighted by atomic mass is 10.00. The third-order valence-corrected chi connectivity index (χ3v) is 6.70. The molecule has 3 aromatic rings. The summed E-state index contributed by atoms with van der Waals surface area (Å²) in [4.78, 5) is 41.4. The molecule has 2 aliphatic rings. The van der Waals surface area contributed by atoms with Crippen LogP contribution >= 0.6 is 23.7 Å². The Morgan fingerprint density at radius 2 is 1.88 bits per heavy atom. The van der Waals surface area contributed by atoms with E-state index in [1.54, 1.807) is 29.8 Å². The minimum atomic E-state index is -1.05. The Labute approximate surface area is 198 Å². The first-order valence-electron chi connectivity index (χ1n) is 10.2. The molecular formula is C22H21ClN4O5S. The number of fused-ring (bicyclic) bond motifs is 2. The van der Waals surface area contributed by atoms with Crippen LogP contribution < -0.4 is 16.0 Å². The maximum absolute atomic E-state index is 13.2. The molecule has 5 rings (SSSR count). The first-order chi connectivity index (χ1) is 15.4. The second-order valence-electron chi connectivity index (χ2n) is 8.01. The molecule has 0 radical (unpaired) electrons. The van der Waals surface area contributed by atoms with Gasteiger partial charge in [0.25, 0.3) is 5.91 Å². The Balaban J connectivity index is 0.00000259.